The van der Waals surface area contributed by atoms with Crippen LogP contribution in [0.4, 0.5) is 0 Å². The Balaban J connectivity index is 2.23. The molecule has 1 saturated carbocycles. The lowest BCUT2D eigenvalue weighted by atomic mass is 10.2. The molecule has 0 aromatic carbocycles. The van der Waals surface area contributed by atoms with E-state index in [-0.39, 0.29) is 23.0 Å². The molecule has 1 aliphatic rings. The number of ether oxygens (including phenoxy) is 1. The summed E-state index contributed by atoms with van der Waals surface area (Å²) in [7, 11) is 1.34. The molecule has 0 aromatic rings. The topological polar surface area (TPSA) is 43.4 Å². The Morgan fingerprint density at radius 1 is 1.64 bits per heavy atom. The summed E-state index contributed by atoms with van der Waals surface area (Å²) in [4.78, 5) is 21.2. The van der Waals surface area contributed by atoms with Gasteiger partial charge in [0.15, 0.2) is 0 Å². The van der Waals surface area contributed by atoms with E-state index in [1.165, 1.54) is 7.11 Å². The van der Waals surface area contributed by atoms with Crippen molar-refractivity contribution in [2.24, 2.45) is 11.8 Å². The Hall–Kier alpha value is -0.570. The van der Waals surface area contributed by atoms with E-state index in [9.17, 15) is 9.59 Å². The average molecular weight is 177 g/mol. The van der Waals surface area contributed by atoms with Crippen molar-refractivity contribution in [3.05, 3.63) is 0 Å². The highest BCUT2D eigenvalue weighted by molar-refractivity contribution is 6.64. The van der Waals surface area contributed by atoms with E-state index in [2.05, 4.69) is 4.74 Å². The van der Waals surface area contributed by atoms with E-state index in [0.717, 1.165) is 6.42 Å². The van der Waals surface area contributed by atoms with E-state index < -0.39 is 0 Å². The molecule has 2 atom stereocenters. The van der Waals surface area contributed by atoms with Crippen LogP contribution in [0.5, 0.6) is 0 Å². The van der Waals surface area contributed by atoms with Crippen molar-refractivity contribution in [3.63, 3.8) is 0 Å². The highest BCUT2D eigenvalue weighted by atomic mass is 35.5. The van der Waals surface area contributed by atoms with Gasteiger partial charge in [-0.15, -0.1) is 0 Å². The summed E-state index contributed by atoms with van der Waals surface area (Å²) >= 11 is 5.21. The summed E-state index contributed by atoms with van der Waals surface area (Å²) in [5, 5.41) is -0.334. The summed E-state index contributed by atoms with van der Waals surface area (Å²) in [6, 6.07) is 0. The molecular weight excluding hydrogens is 168 g/mol. The fourth-order valence-electron chi connectivity index (χ4n) is 1.05. The minimum Gasteiger partial charge on any atom is -0.469 e. The van der Waals surface area contributed by atoms with Crippen LogP contribution in [0.3, 0.4) is 0 Å². The van der Waals surface area contributed by atoms with Gasteiger partial charge in [0, 0.05) is 12.3 Å². The van der Waals surface area contributed by atoms with Gasteiger partial charge in [0.1, 0.15) is 0 Å². The first-order valence-electron chi connectivity index (χ1n) is 3.41. The first kappa shape index (κ1) is 8.53. The van der Waals surface area contributed by atoms with Crippen molar-refractivity contribution in [2.45, 2.75) is 12.8 Å². The molecule has 0 N–H and O–H groups in total. The second-order valence-corrected chi connectivity index (χ2v) is 3.06. The van der Waals surface area contributed by atoms with Gasteiger partial charge >= 0.3 is 5.97 Å². The van der Waals surface area contributed by atoms with Crippen molar-refractivity contribution in [1.29, 1.82) is 0 Å². The van der Waals surface area contributed by atoms with Crippen LogP contribution in [-0.4, -0.2) is 18.3 Å². The van der Waals surface area contributed by atoms with E-state index >= 15 is 0 Å². The van der Waals surface area contributed by atoms with Crippen molar-refractivity contribution < 1.29 is 14.3 Å². The summed E-state index contributed by atoms with van der Waals surface area (Å²) < 4.78 is 4.44. The molecule has 0 amide bonds. The lowest BCUT2D eigenvalue weighted by Gasteiger charge is -1.94. The molecule has 0 spiro atoms. The highest BCUT2D eigenvalue weighted by Crippen LogP contribution is 2.42. The van der Waals surface area contributed by atoms with Crippen LogP contribution >= 0.6 is 11.6 Å². The maximum absolute atomic E-state index is 10.7. The fourth-order valence-corrected chi connectivity index (χ4v) is 1.32. The molecule has 0 aromatic heterocycles. The van der Waals surface area contributed by atoms with Crippen LogP contribution in [0.1, 0.15) is 12.8 Å². The predicted octanol–water partition coefficient (Wildman–Crippen LogP) is 0.951. The highest BCUT2D eigenvalue weighted by Gasteiger charge is 2.43. The van der Waals surface area contributed by atoms with Crippen LogP contribution in [-0.2, 0) is 14.3 Å². The Morgan fingerprint density at radius 2 is 2.27 bits per heavy atom. The van der Waals surface area contributed by atoms with Crippen molar-refractivity contribution in [2.75, 3.05) is 7.11 Å². The van der Waals surface area contributed by atoms with E-state index in [1.807, 2.05) is 0 Å². The second kappa shape index (κ2) is 3.22. The first-order chi connectivity index (χ1) is 5.15. The molecule has 1 rings (SSSR count). The van der Waals surface area contributed by atoms with Crippen LogP contribution in [0.2, 0.25) is 0 Å². The number of rotatable bonds is 3. The Morgan fingerprint density at radius 3 is 2.64 bits per heavy atom. The van der Waals surface area contributed by atoms with Crippen LogP contribution in [0.25, 0.3) is 0 Å². The molecule has 0 unspecified atom stereocenters. The third-order valence-corrected chi connectivity index (χ3v) is 2.15. The number of hydrogen-bond donors (Lipinski definition) is 0. The zero-order valence-electron chi connectivity index (χ0n) is 6.17. The number of halogens is 1. The summed E-state index contributed by atoms with van der Waals surface area (Å²) in [5.74, 6) is -0.237. The van der Waals surface area contributed by atoms with Crippen molar-refractivity contribution >= 4 is 22.8 Å². The smallest absolute Gasteiger partial charge is 0.305 e. The van der Waals surface area contributed by atoms with Gasteiger partial charge in [-0.3, -0.25) is 9.59 Å². The molecule has 1 aliphatic carbocycles. The SMILES string of the molecule is COC(=O)C[C@@H]1C[C@H]1C(=O)Cl. The van der Waals surface area contributed by atoms with Crippen LogP contribution < -0.4 is 0 Å². The van der Waals surface area contributed by atoms with Crippen LogP contribution in [0.15, 0.2) is 0 Å². The quantitative estimate of drug-likeness (QED) is 0.475. The fraction of sp³-hybridized carbons (Fsp3) is 0.714. The zero-order valence-corrected chi connectivity index (χ0v) is 6.93. The van der Waals surface area contributed by atoms with Crippen molar-refractivity contribution in [1.82, 2.24) is 0 Å². The number of methoxy groups -OCH3 is 1. The molecule has 62 valence electrons. The summed E-state index contributed by atoms with van der Waals surface area (Å²) in [5.41, 5.74) is 0. The molecular formula is C7H9ClO3. The minimum atomic E-state index is -0.334. The molecule has 0 saturated heterocycles. The monoisotopic (exact) mass is 176 g/mol. The second-order valence-electron chi connectivity index (χ2n) is 2.69. The van der Waals surface area contributed by atoms with Crippen LogP contribution in [0, 0.1) is 11.8 Å². The Labute approximate surface area is 69.7 Å². The lowest BCUT2D eigenvalue weighted by Crippen LogP contribution is -2.03. The van der Waals surface area contributed by atoms with E-state index in [1.54, 1.807) is 0 Å². The molecule has 0 radical (unpaired) electrons. The normalized spacial score (nSPS) is 27.8. The number of hydrogen-bond acceptors (Lipinski definition) is 3. The third kappa shape index (κ3) is 2.19. The van der Waals surface area contributed by atoms with E-state index in [0.29, 0.717) is 6.42 Å². The predicted molar refractivity (Wildman–Crippen MR) is 39.1 cm³/mol. The molecule has 11 heavy (non-hydrogen) atoms. The Kier molecular flexibility index (Phi) is 2.49. The van der Waals surface area contributed by atoms with Gasteiger partial charge in [-0.25, -0.2) is 0 Å². The minimum absolute atomic E-state index is 0.101. The zero-order chi connectivity index (χ0) is 8.43. The number of carbonyl (C=O) groups is 2. The average Bonchev–Trinajstić information content (AvgIpc) is 2.67. The Bertz CT molecular complexity index is 190. The van der Waals surface area contributed by atoms with Gasteiger partial charge < -0.3 is 4.74 Å². The van der Waals surface area contributed by atoms with Gasteiger partial charge in [0.25, 0.3) is 0 Å². The number of esters is 1. The molecule has 4 heteroatoms. The van der Waals surface area contributed by atoms with Gasteiger partial charge in [-0.1, -0.05) is 0 Å². The first-order valence-corrected chi connectivity index (χ1v) is 3.79. The molecule has 1 fully saturated rings. The van der Waals surface area contributed by atoms with E-state index in [4.69, 9.17) is 11.6 Å². The molecule has 0 bridgehead atoms. The standard InChI is InChI=1S/C7H9ClO3/c1-11-6(9)3-4-2-5(4)7(8)10/h4-5H,2-3H2,1H3/t4-,5+/m0/s1. The third-order valence-electron chi connectivity index (χ3n) is 1.87. The van der Waals surface area contributed by atoms with Crippen molar-refractivity contribution in [3.8, 4) is 0 Å². The maximum atomic E-state index is 10.7. The molecule has 0 heterocycles. The number of carbonyl (C=O) groups excluding carboxylic acids is 2. The lowest BCUT2D eigenvalue weighted by molar-refractivity contribution is -0.141. The van der Waals surface area contributed by atoms with Gasteiger partial charge in [0.2, 0.25) is 5.24 Å². The molecule has 3 nitrogen and oxygen atoms in total. The summed E-state index contributed by atoms with van der Waals surface area (Å²) in [6.45, 7) is 0. The molecule has 0 aliphatic heterocycles. The van der Waals surface area contributed by atoms with Gasteiger partial charge in [-0.2, -0.15) is 0 Å². The summed E-state index contributed by atoms with van der Waals surface area (Å²) in [6.07, 6.45) is 1.05. The largest absolute Gasteiger partial charge is 0.469 e. The maximum Gasteiger partial charge on any atom is 0.305 e. The van der Waals surface area contributed by atoms with Gasteiger partial charge in [0.05, 0.1) is 7.11 Å². The van der Waals surface area contributed by atoms with Gasteiger partial charge in [-0.05, 0) is 23.9 Å².